The standard InChI is InChI=1S/C12H14O4/c1-12(2,11(15)16)6-8-3-4-10(14)5-9(8)7-13/h3-5,7,14H,6H2,1-2H3,(H,15,16). The minimum atomic E-state index is -0.936. The Morgan fingerprint density at radius 1 is 1.44 bits per heavy atom. The zero-order valence-electron chi connectivity index (χ0n) is 9.23. The quantitative estimate of drug-likeness (QED) is 0.762. The summed E-state index contributed by atoms with van der Waals surface area (Å²) in [4.78, 5) is 21.7. The molecule has 0 amide bonds. The molecular weight excluding hydrogens is 208 g/mol. The van der Waals surface area contributed by atoms with Crippen molar-refractivity contribution >= 4 is 12.3 Å². The van der Waals surface area contributed by atoms with Gasteiger partial charge in [-0.15, -0.1) is 0 Å². The van der Waals surface area contributed by atoms with Gasteiger partial charge in [-0.1, -0.05) is 6.07 Å². The fraction of sp³-hybridized carbons (Fsp3) is 0.333. The van der Waals surface area contributed by atoms with Gasteiger partial charge < -0.3 is 10.2 Å². The molecule has 4 nitrogen and oxygen atoms in total. The topological polar surface area (TPSA) is 74.6 Å². The second kappa shape index (κ2) is 4.35. The molecule has 0 aliphatic rings. The van der Waals surface area contributed by atoms with Crippen molar-refractivity contribution in [2.24, 2.45) is 5.41 Å². The molecule has 0 unspecified atom stereocenters. The molecule has 0 atom stereocenters. The summed E-state index contributed by atoms with van der Waals surface area (Å²) in [6.07, 6.45) is 0.865. The zero-order chi connectivity index (χ0) is 12.3. The number of aldehydes is 1. The summed E-state index contributed by atoms with van der Waals surface area (Å²) in [7, 11) is 0. The van der Waals surface area contributed by atoms with Gasteiger partial charge in [0.1, 0.15) is 12.0 Å². The number of carbonyl (C=O) groups excluding carboxylic acids is 1. The van der Waals surface area contributed by atoms with E-state index in [9.17, 15) is 14.7 Å². The number of carboxylic acids is 1. The van der Waals surface area contributed by atoms with Crippen molar-refractivity contribution in [3.8, 4) is 5.75 Å². The molecule has 0 aromatic heterocycles. The summed E-state index contributed by atoms with van der Waals surface area (Å²) in [5.41, 5.74) is 0.0175. The molecule has 16 heavy (non-hydrogen) atoms. The van der Waals surface area contributed by atoms with Crippen LogP contribution >= 0.6 is 0 Å². The van der Waals surface area contributed by atoms with Crippen molar-refractivity contribution in [2.45, 2.75) is 20.3 Å². The Bertz CT molecular complexity index is 421. The molecule has 4 heteroatoms. The number of carbonyl (C=O) groups is 2. The van der Waals surface area contributed by atoms with Crippen molar-refractivity contribution in [1.82, 2.24) is 0 Å². The number of benzene rings is 1. The highest BCUT2D eigenvalue weighted by Gasteiger charge is 2.28. The van der Waals surface area contributed by atoms with Gasteiger partial charge >= 0.3 is 5.97 Å². The number of carboxylic acid groups (broad SMARTS) is 1. The van der Waals surface area contributed by atoms with E-state index < -0.39 is 11.4 Å². The highest BCUT2D eigenvalue weighted by molar-refractivity contribution is 5.79. The lowest BCUT2D eigenvalue weighted by Crippen LogP contribution is -2.26. The molecule has 0 saturated heterocycles. The maximum absolute atomic E-state index is 11.0. The van der Waals surface area contributed by atoms with E-state index >= 15 is 0 Å². The average Bonchev–Trinajstić information content (AvgIpc) is 2.20. The van der Waals surface area contributed by atoms with Gasteiger partial charge in [0, 0.05) is 5.56 Å². The van der Waals surface area contributed by atoms with E-state index in [1.165, 1.54) is 12.1 Å². The summed E-state index contributed by atoms with van der Waals surface area (Å²) in [5.74, 6) is -0.920. The number of aliphatic carboxylic acids is 1. The van der Waals surface area contributed by atoms with Crippen molar-refractivity contribution in [3.05, 3.63) is 29.3 Å². The number of phenolic OH excluding ortho intramolecular Hbond substituents is 1. The minimum absolute atomic E-state index is 0.000943. The van der Waals surface area contributed by atoms with E-state index in [0.717, 1.165) is 0 Å². The Kier molecular flexibility index (Phi) is 3.32. The number of hydrogen-bond acceptors (Lipinski definition) is 3. The Hall–Kier alpha value is -1.84. The summed E-state index contributed by atoms with van der Waals surface area (Å²) in [5, 5.41) is 18.2. The molecule has 0 radical (unpaired) electrons. The van der Waals surface area contributed by atoms with Gasteiger partial charge in [0.25, 0.3) is 0 Å². The van der Waals surface area contributed by atoms with Crippen LogP contribution in [-0.4, -0.2) is 22.5 Å². The van der Waals surface area contributed by atoms with E-state index in [4.69, 9.17) is 5.11 Å². The van der Waals surface area contributed by atoms with Crippen molar-refractivity contribution < 1.29 is 19.8 Å². The van der Waals surface area contributed by atoms with Crippen LogP contribution in [0.2, 0.25) is 0 Å². The van der Waals surface area contributed by atoms with Crippen LogP contribution in [0.1, 0.15) is 29.8 Å². The lowest BCUT2D eigenvalue weighted by atomic mass is 9.84. The highest BCUT2D eigenvalue weighted by Crippen LogP contribution is 2.25. The van der Waals surface area contributed by atoms with Crippen LogP contribution in [-0.2, 0) is 11.2 Å². The first-order valence-electron chi connectivity index (χ1n) is 4.87. The van der Waals surface area contributed by atoms with Gasteiger partial charge in [-0.2, -0.15) is 0 Å². The third-order valence-corrected chi connectivity index (χ3v) is 2.47. The Morgan fingerprint density at radius 3 is 2.56 bits per heavy atom. The molecular formula is C12H14O4. The smallest absolute Gasteiger partial charge is 0.309 e. The summed E-state index contributed by atoms with van der Waals surface area (Å²) in [6.45, 7) is 3.19. The minimum Gasteiger partial charge on any atom is -0.508 e. The predicted molar refractivity (Wildman–Crippen MR) is 58.6 cm³/mol. The molecule has 2 N–H and O–H groups in total. The molecule has 1 aromatic rings. The third kappa shape index (κ3) is 2.59. The molecule has 0 saturated carbocycles. The van der Waals surface area contributed by atoms with E-state index in [0.29, 0.717) is 17.4 Å². The summed E-state index contributed by atoms with van der Waals surface area (Å²) >= 11 is 0. The maximum atomic E-state index is 11.0. The second-order valence-corrected chi connectivity index (χ2v) is 4.37. The normalized spacial score (nSPS) is 11.1. The summed E-state index contributed by atoms with van der Waals surface area (Å²) < 4.78 is 0. The third-order valence-electron chi connectivity index (χ3n) is 2.47. The Balaban J connectivity index is 3.06. The number of phenols is 1. The van der Waals surface area contributed by atoms with Crippen molar-refractivity contribution in [2.75, 3.05) is 0 Å². The fourth-order valence-electron chi connectivity index (χ4n) is 1.40. The van der Waals surface area contributed by atoms with Gasteiger partial charge in [-0.25, -0.2) is 0 Å². The lowest BCUT2D eigenvalue weighted by molar-refractivity contribution is -0.146. The van der Waals surface area contributed by atoms with Crippen LogP contribution in [0.25, 0.3) is 0 Å². The van der Waals surface area contributed by atoms with Crippen molar-refractivity contribution in [1.29, 1.82) is 0 Å². The van der Waals surface area contributed by atoms with Crippen LogP contribution in [0.15, 0.2) is 18.2 Å². The fourth-order valence-corrected chi connectivity index (χ4v) is 1.40. The predicted octanol–water partition coefficient (Wildman–Crippen LogP) is 1.86. The molecule has 0 fully saturated rings. The van der Waals surface area contributed by atoms with Gasteiger partial charge in [0.2, 0.25) is 0 Å². The van der Waals surface area contributed by atoms with Crippen LogP contribution in [0.5, 0.6) is 5.75 Å². The highest BCUT2D eigenvalue weighted by atomic mass is 16.4. The SMILES string of the molecule is CC(C)(Cc1ccc(O)cc1C=O)C(=O)O. The molecule has 1 rings (SSSR count). The van der Waals surface area contributed by atoms with Gasteiger partial charge in [-0.3, -0.25) is 9.59 Å². The molecule has 0 aliphatic carbocycles. The van der Waals surface area contributed by atoms with Crippen molar-refractivity contribution in [3.63, 3.8) is 0 Å². The number of rotatable bonds is 4. The van der Waals surface area contributed by atoms with Gasteiger partial charge in [0.05, 0.1) is 5.41 Å². The molecule has 0 bridgehead atoms. The molecule has 86 valence electrons. The van der Waals surface area contributed by atoms with Crippen LogP contribution in [0.3, 0.4) is 0 Å². The first kappa shape index (κ1) is 12.2. The Morgan fingerprint density at radius 2 is 2.06 bits per heavy atom. The monoisotopic (exact) mass is 222 g/mol. The number of hydrogen-bond donors (Lipinski definition) is 2. The van der Waals surface area contributed by atoms with Crippen LogP contribution in [0.4, 0.5) is 0 Å². The summed E-state index contributed by atoms with van der Waals surface area (Å²) in [6, 6.07) is 4.35. The largest absolute Gasteiger partial charge is 0.508 e. The van der Waals surface area contributed by atoms with Crippen LogP contribution < -0.4 is 0 Å². The van der Waals surface area contributed by atoms with Crippen LogP contribution in [0, 0.1) is 5.41 Å². The zero-order valence-corrected chi connectivity index (χ0v) is 9.23. The maximum Gasteiger partial charge on any atom is 0.309 e. The Labute approximate surface area is 93.5 Å². The lowest BCUT2D eigenvalue weighted by Gasteiger charge is -2.19. The molecule has 0 heterocycles. The molecule has 0 aliphatic heterocycles. The van der Waals surface area contributed by atoms with Gasteiger partial charge in [0.15, 0.2) is 0 Å². The van der Waals surface area contributed by atoms with E-state index in [1.807, 2.05) is 0 Å². The molecule has 1 aromatic carbocycles. The van der Waals surface area contributed by atoms with E-state index in [-0.39, 0.29) is 12.2 Å². The van der Waals surface area contributed by atoms with Gasteiger partial charge in [-0.05, 0) is 38.0 Å². The average molecular weight is 222 g/mol. The van der Waals surface area contributed by atoms with E-state index in [2.05, 4.69) is 0 Å². The first-order chi connectivity index (χ1) is 7.36. The van der Waals surface area contributed by atoms with E-state index in [1.54, 1.807) is 19.9 Å². The molecule has 0 spiro atoms. The second-order valence-electron chi connectivity index (χ2n) is 4.37. The first-order valence-corrected chi connectivity index (χ1v) is 4.87. The number of aromatic hydroxyl groups is 1.